The number of halogens is 2. The smallest absolute Gasteiger partial charge is 0.692 e. The SMILES string of the molecule is O=[P+](O)O.[Br-].[Br-].c1ccccc1.c1ccccc1.c1ccccc1. The van der Waals surface area contributed by atoms with Crippen molar-refractivity contribution in [1.82, 2.24) is 0 Å². The van der Waals surface area contributed by atoms with Gasteiger partial charge in [-0.2, -0.15) is 0 Å². The van der Waals surface area contributed by atoms with Gasteiger partial charge in [-0.3, -0.25) is 0 Å². The maximum atomic E-state index is 8.70. The van der Waals surface area contributed by atoms with Gasteiger partial charge in [0.15, 0.2) is 0 Å². The Hall–Kier alpha value is -1.36. The Balaban J connectivity index is -0.000000241. The lowest BCUT2D eigenvalue weighted by Crippen LogP contribution is -3.00. The van der Waals surface area contributed by atoms with Crippen LogP contribution in [0.1, 0.15) is 0 Å². The van der Waals surface area contributed by atoms with Crippen molar-refractivity contribution in [2.24, 2.45) is 0 Å². The van der Waals surface area contributed by atoms with Gasteiger partial charge in [0.2, 0.25) is 0 Å². The quantitative estimate of drug-likeness (QED) is 0.398. The van der Waals surface area contributed by atoms with Gasteiger partial charge in [0, 0.05) is 4.57 Å². The molecule has 0 saturated heterocycles. The molecule has 0 aliphatic rings. The van der Waals surface area contributed by atoms with E-state index in [2.05, 4.69) is 0 Å². The maximum Gasteiger partial charge on any atom is 0.692 e. The monoisotopic (exact) mass is 473 g/mol. The minimum Gasteiger partial charge on any atom is -1.00 e. The van der Waals surface area contributed by atoms with E-state index in [1.165, 1.54) is 0 Å². The minimum atomic E-state index is -2.87. The standard InChI is InChI=1S/3C6H6.2BrH.HO3P/c3*1-2-4-6-5-3-1;;;1-4(2)3/h3*1-6H;2*1H;(H-,1,2,3)/p-1. The zero-order chi connectivity index (χ0) is 16.3. The molecule has 6 heteroatoms. The maximum absolute atomic E-state index is 8.70. The molecule has 2 N–H and O–H groups in total. The third-order valence-electron chi connectivity index (χ3n) is 2.00. The van der Waals surface area contributed by atoms with E-state index >= 15 is 0 Å². The predicted octanol–water partition coefficient (Wildman–Crippen LogP) is -1.30. The Morgan fingerprint density at radius 2 is 0.417 bits per heavy atom. The number of hydrogen-bond acceptors (Lipinski definition) is 1. The van der Waals surface area contributed by atoms with E-state index in [0.717, 1.165) is 0 Å². The van der Waals surface area contributed by atoms with Crippen LogP contribution in [-0.4, -0.2) is 9.79 Å². The molecule has 0 aliphatic carbocycles. The summed E-state index contributed by atoms with van der Waals surface area (Å²) in [5.74, 6) is 0. The second-order valence-electron chi connectivity index (χ2n) is 3.72. The summed E-state index contributed by atoms with van der Waals surface area (Å²) in [7, 11) is -2.87. The van der Waals surface area contributed by atoms with Gasteiger partial charge in [0.1, 0.15) is 0 Å². The lowest BCUT2D eigenvalue weighted by atomic mass is 10.4. The van der Waals surface area contributed by atoms with Crippen molar-refractivity contribution >= 4 is 8.25 Å². The number of rotatable bonds is 0. The fraction of sp³-hybridized carbons (Fsp3) is 0. The molecule has 0 saturated carbocycles. The van der Waals surface area contributed by atoms with Crippen molar-refractivity contribution in [3.8, 4) is 0 Å². The highest BCUT2D eigenvalue weighted by Gasteiger charge is 1.93. The molecule has 0 fully saturated rings. The molecule has 0 aromatic heterocycles. The Morgan fingerprint density at radius 1 is 0.375 bits per heavy atom. The summed E-state index contributed by atoms with van der Waals surface area (Å²) >= 11 is 0. The van der Waals surface area contributed by atoms with Gasteiger partial charge in [-0.1, -0.05) is 109 Å². The first kappa shape index (κ1) is 27.5. The fourth-order valence-corrected chi connectivity index (χ4v) is 1.15. The molecule has 0 spiro atoms. The second kappa shape index (κ2) is 23.9. The molecule has 3 nitrogen and oxygen atoms in total. The first-order chi connectivity index (χ1) is 10.7. The third-order valence-corrected chi connectivity index (χ3v) is 2.00. The zero-order valence-electron chi connectivity index (χ0n) is 12.9. The van der Waals surface area contributed by atoms with Crippen LogP contribution >= 0.6 is 8.25 Å². The number of benzene rings is 3. The molecule has 0 radical (unpaired) electrons. The molecule has 0 amide bonds. The average molecular weight is 475 g/mol. The Bertz CT molecular complexity index is 396. The van der Waals surface area contributed by atoms with Gasteiger partial charge in [-0.25, -0.2) is 0 Å². The van der Waals surface area contributed by atoms with E-state index in [-0.39, 0.29) is 34.0 Å². The van der Waals surface area contributed by atoms with Crippen LogP contribution in [0.15, 0.2) is 109 Å². The highest BCUT2D eigenvalue weighted by molar-refractivity contribution is 7.30. The zero-order valence-corrected chi connectivity index (χ0v) is 17.0. The van der Waals surface area contributed by atoms with Crippen molar-refractivity contribution in [1.29, 1.82) is 0 Å². The van der Waals surface area contributed by atoms with Crippen molar-refractivity contribution in [3.05, 3.63) is 109 Å². The van der Waals surface area contributed by atoms with Crippen molar-refractivity contribution in [2.75, 3.05) is 0 Å². The summed E-state index contributed by atoms with van der Waals surface area (Å²) in [6, 6.07) is 36.0. The first-order valence-electron chi connectivity index (χ1n) is 6.58. The summed E-state index contributed by atoms with van der Waals surface area (Å²) in [6.45, 7) is 0. The largest absolute Gasteiger partial charge is 1.00 e. The van der Waals surface area contributed by atoms with E-state index in [4.69, 9.17) is 14.4 Å². The lowest BCUT2D eigenvalue weighted by molar-refractivity contribution is -0.00100. The molecule has 3 aromatic rings. The lowest BCUT2D eigenvalue weighted by Gasteiger charge is -1.69. The summed E-state index contributed by atoms with van der Waals surface area (Å²) < 4.78 is 8.70. The van der Waals surface area contributed by atoms with Crippen LogP contribution in [-0.2, 0) is 4.57 Å². The van der Waals surface area contributed by atoms with Crippen LogP contribution in [0.3, 0.4) is 0 Å². The Morgan fingerprint density at radius 3 is 0.458 bits per heavy atom. The van der Waals surface area contributed by atoms with E-state index in [9.17, 15) is 0 Å². The molecule has 130 valence electrons. The van der Waals surface area contributed by atoms with E-state index in [1.54, 1.807) is 0 Å². The van der Waals surface area contributed by atoms with Crippen molar-refractivity contribution in [3.63, 3.8) is 0 Å². The van der Waals surface area contributed by atoms with Crippen molar-refractivity contribution < 1.29 is 48.3 Å². The van der Waals surface area contributed by atoms with E-state index < -0.39 is 8.25 Å². The van der Waals surface area contributed by atoms with Gasteiger partial charge in [-0.15, -0.1) is 9.79 Å². The highest BCUT2D eigenvalue weighted by Crippen LogP contribution is 1.98. The normalized spacial score (nSPS) is 7.08. The minimum absolute atomic E-state index is 0. The van der Waals surface area contributed by atoms with Crippen LogP contribution in [0.4, 0.5) is 0 Å². The van der Waals surface area contributed by atoms with Gasteiger partial charge in [0.25, 0.3) is 0 Å². The molecule has 0 aliphatic heterocycles. The Kier molecular flexibility index (Phi) is 27.4. The molecule has 3 rings (SSSR count). The van der Waals surface area contributed by atoms with Crippen molar-refractivity contribution in [2.45, 2.75) is 0 Å². The molecular formula is C18H20Br2O3P-. The molecule has 0 atom stereocenters. The van der Waals surface area contributed by atoms with Crippen LogP contribution in [0, 0.1) is 0 Å². The summed E-state index contributed by atoms with van der Waals surface area (Å²) in [5.41, 5.74) is 0. The molecule has 24 heavy (non-hydrogen) atoms. The summed E-state index contributed by atoms with van der Waals surface area (Å²) in [5, 5.41) is 0. The number of hydrogen-bond donors (Lipinski definition) is 2. The van der Waals surface area contributed by atoms with Gasteiger partial charge < -0.3 is 34.0 Å². The van der Waals surface area contributed by atoms with Crippen LogP contribution < -0.4 is 34.0 Å². The second-order valence-corrected chi connectivity index (χ2v) is 4.22. The molecule has 0 unspecified atom stereocenters. The van der Waals surface area contributed by atoms with E-state index in [1.807, 2.05) is 109 Å². The summed E-state index contributed by atoms with van der Waals surface area (Å²) in [4.78, 5) is 14.2. The Labute approximate surface area is 165 Å². The van der Waals surface area contributed by atoms with Crippen LogP contribution in [0.25, 0.3) is 0 Å². The molecule has 0 heterocycles. The first-order valence-corrected chi connectivity index (χ1v) is 7.75. The van der Waals surface area contributed by atoms with Gasteiger partial charge in [0.05, 0.1) is 0 Å². The van der Waals surface area contributed by atoms with Crippen LogP contribution in [0.5, 0.6) is 0 Å². The average Bonchev–Trinajstić information content (AvgIpc) is 2.60. The summed E-state index contributed by atoms with van der Waals surface area (Å²) in [6.07, 6.45) is 0. The van der Waals surface area contributed by atoms with E-state index in [0.29, 0.717) is 0 Å². The molecule has 0 bridgehead atoms. The highest BCUT2D eigenvalue weighted by atomic mass is 79.9. The van der Waals surface area contributed by atoms with Crippen LogP contribution in [0.2, 0.25) is 0 Å². The van der Waals surface area contributed by atoms with Gasteiger partial charge >= 0.3 is 8.25 Å². The molecular weight excluding hydrogens is 455 g/mol. The van der Waals surface area contributed by atoms with Gasteiger partial charge in [-0.05, 0) is 0 Å². The fourth-order valence-electron chi connectivity index (χ4n) is 1.15. The third kappa shape index (κ3) is 28.8. The topological polar surface area (TPSA) is 57.5 Å². The molecule has 3 aromatic carbocycles. The predicted molar refractivity (Wildman–Crippen MR) is 91.4 cm³/mol.